The first-order valence-corrected chi connectivity index (χ1v) is 7.43. The predicted octanol–water partition coefficient (Wildman–Crippen LogP) is 0.150. The van der Waals surface area contributed by atoms with Gasteiger partial charge >= 0.3 is 16.2 Å². The van der Waals surface area contributed by atoms with Crippen LogP contribution in [0, 0.1) is 0 Å². The topological polar surface area (TPSA) is 109 Å². The third-order valence-corrected chi connectivity index (χ3v) is 3.59. The van der Waals surface area contributed by atoms with Crippen LogP contribution < -0.4 is 14.8 Å². The van der Waals surface area contributed by atoms with E-state index in [0.29, 0.717) is 18.9 Å². The highest BCUT2D eigenvalue weighted by atomic mass is 32.2. The molecule has 2 heterocycles. The van der Waals surface area contributed by atoms with Gasteiger partial charge in [-0.2, -0.15) is 13.1 Å². The van der Waals surface area contributed by atoms with Gasteiger partial charge in [-0.1, -0.05) is 12.0 Å². The van der Waals surface area contributed by atoms with Gasteiger partial charge in [0.25, 0.3) is 0 Å². The highest BCUT2D eigenvalue weighted by molar-refractivity contribution is 7.90. The minimum absolute atomic E-state index is 0.0272. The van der Waals surface area contributed by atoms with E-state index in [4.69, 9.17) is 4.42 Å². The molecule has 1 aromatic rings. The van der Waals surface area contributed by atoms with Gasteiger partial charge in [0.05, 0.1) is 6.04 Å². The summed E-state index contributed by atoms with van der Waals surface area (Å²) in [5.41, 5.74) is 0. The molecule has 1 saturated heterocycles. The first kappa shape index (κ1) is 13.2. The number of hydrogen-bond acceptors (Lipinski definition) is 6. The molecule has 1 aromatic heterocycles. The lowest BCUT2D eigenvalue weighted by molar-refractivity contribution is 0.439. The van der Waals surface area contributed by atoms with Gasteiger partial charge in [-0.3, -0.25) is 0 Å². The van der Waals surface area contributed by atoms with E-state index >= 15 is 0 Å². The fourth-order valence-electron chi connectivity index (χ4n) is 1.70. The summed E-state index contributed by atoms with van der Waals surface area (Å²) in [6.45, 7) is 3.14. The molecule has 1 aliphatic rings. The fourth-order valence-corrected chi connectivity index (χ4v) is 2.56. The summed E-state index contributed by atoms with van der Waals surface area (Å²) in [4.78, 5) is 0. The van der Waals surface area contributed by atoms with Crippen molar-refractivity contribution >= 4 is 16.2 Å². The molecule has 102 valence electrons. The maximum Gasteiger partial charge on any atom is 0.330 e. The number of aromatic nitrogens is 2. The standard InChI is InChI=1S/C9H17N5O3S/c1-2-5-11-18(15,16)14-9-13-12-8(17-9)7-4-3-6-10-7/h7,10-11H,2-6H2,1H3,(H,13,14). The van der Waals surface area contributed by atoms with Crippen molar-refractivity contribution in [3.05, 3.63) is 5.89 Å². The minimum Gasteiger partial charge on any atom is -0.406 e. The fraction of sp³-hybridized carbons (Fsp3) is 0.778. The molecular weight excluding hydrogens is 258 g/mol. The summed E-state index contributed by atoms with van der Waals surface area (Å²) in [7, 11) is -3.62. The first-order valence-electron chi connectivity index (χ1n) is 5.95. The summed E-state index contributed by atoms with van der Waals surface area (Å²) < 4.78 is 32.9. The minimum atomic E-state index is -3.62. The predicted molar refractivity (Wildman–Crippen MR) is 65.1 cm³/mol. The van der Waals surface area contributed by atoms with Crippen molar-refractivity contribution in [3.8, 4) is 0 Å². The monoisotopic (exact) mass is 275 g/mol. The Kier molecular flexibility index (Phi) is 4.15. The van der Waals surface area contributed by atoms with E-state index in [9.17, 15) is 8.42 Å². The van der Waals surface area contributed by atoms with Gasteiger partial charge in [-0.05, 0) is 25.8 Å². The van der Waals surface area contributed by atoms with Gasteiger partial charge in [0.1, 0.15) is 0 Å². The summed E-state index contributed by atoms with van der Waals surface area (Å²) in [6, 6.07) is -0.0818. The van der Waals surface area contributed by atoms with E-state index in [1.165, 1.54) is 0 Å². The summed E-state index contributed by atoms with van der Waals surface area (Å²) in [5.74, 6) is 0.417. The molecule has 18 heavy (non-hydrogen) atoms. The van der Waals surface area contributed by atoms with Gasteiger partial charge in [0.15, 0.2) is 0 Å². The summed E-state index contributed by atoms with van der Waals surface area (Å²) >= 11 is 0. The van der Waals surface area contributed by atoms with Gasteiger partial charge in [-0.15, -0.1) is 5.10 Å². The Balaban J connectivity index is 1.97. The van der Waals surface area contributed by atoms with E-state index in [0.717, 1.165) is 19.4 Å². The van der Waals surface area contributed by atoms with Crippen molar-refractivity contribution in [2.24, 2.45) is 0 Å². The van der Waals surface area contributed by atoms with Crippen molar-refractivity contribution in [2.45, 2.75) is 32.2 Å². The molecule has 1 aliphatic heterocycles. The second-order valence-electron chi connectivity index (χ2n) is 4.09. The van der Waals surface area contributed by atoms with Crippen LogP contribution in [-0.4, -0.2) is 31.7 Å². The number of nitrogens with zero attached hydrogens (tertiary/aromatic N) is 2. The number of hydrogen-bond donors (Lipinski definition) is 3. The van der Waals surface area contributed by atoms with Crippen molar-refractivity contribution in [2.75, 3.05) is 17.8 Å². The molecular formula is C9H17N5O3S. The molecule has 1 unspecified atom stereocenters. The van der Waals surface area contributed by atoms with Crippen LogP contribution in [0.4, 0.5) is 6.01 Å². The van der Waals surface area contributed by atoms with Crippen LogP contribution in [0.2, 0.25) is 0 Å². The van der Waals surface area contributed by atoms with Crippen LogP contribution in [0.5, 0.6) is 0 Å². The lowest BCUT2D eigenvalue weighted by Crippen LogP contribution is -2.30. The third kappa shape index (κ3) is 3.40. The maximum atomic E-state index is 11.5. The van der Waals surface area contributed by atoms with E-state index in [1.54, 1.807) is 0 Å². The quantitative estimate of drug-likeness (QED) is 0.682. The first-order chi connectivity index (χ1) is 8.61. The Bertz CT molecular complexity index is 480. The zero-order valence-corrected chi connectivity index (χ0v) is 11.0. The van der Waals surface area contributed by atoms with Crippen LogP contribution in [0.25, 0.3) is 0 Å². The van der Waals surface area contributed by atoms with Gasteiger partial charge in [-0.25, -0.2) is 4.72 Å². The summed E-state index contributed by atoms with van der Waals surface area (Å²) in [6.07, 6.45) is 2.68. The average molecular weight is 275 g/mol. The van der Waals surface area contributed by atoms with E-state index in [2.05, 4.69) is 25.0 Å². The SMILES string of the molecule is CCCNS(=O)(=O)Nc1nnc(C2CCCN2)o1. The molecule has 1 fully saturated rings. The highest BCUT2D eigenvalue weighted by Crippen LogP contribution is 2.22. The molecule has 2 rings (SSSR count). The van der Waals surface area contributed by atoms with E-state index in [1.807, 2.05) is 6.92 Å². The molecule has 8 nitrogen and oxygen atoms in total. The van der Waals surface area contributed by atoms with Crippen molar-refractivity contribution in [1.82, 2.24) is 20.2 Å². The zero-order chi connectivity index (χ0) is 13.0. The number of nitrogens with one attached hydrogen (secondary N) is 3. The van der Waals surface area contributed by atoms with Crippen molar-refractivity contribution in [3.63, 3.8) is 0 Å². The summed E-state index contributed by atoms with van der Waals surface area (Å²) in [5, 5.41) is 10.7. The Morgan fingerprint density at radius 2 is 2.33 bits per heavy atom. The lowest BCUT2D eigenvalue weighted by Gasteiger charge is -2.05. The van der Waals surface area contributed by atoms with Crippen LogP contribution >= 0.6 is 0 Å². The molecule has 0 radical (unpaired) electrons. The smallest absolute Gasteiger partial charge is 0.330 e. The highest BCUT2D eigenvalue weighted by Gasteiger charge is 2.23. The zero-order valence-electron chi connectivity index (χ0n) is 10.1. The van der Waals surface area contributed by atoms with Crippen LogP contribution in [0.3, 0.4) is 0 Å². The van der Waals surface area contributed by atoms with Crippen LogP contribution in [0.15, 0.2) is 4.42 Å². The van der Waals surface area contributed by atoms with Crippen molar-refractivity contribution in [1.29, 1.82) is 0 Å². The maximum absolute atomic E-state index is 11.5. The largest absolute Gasteiger partial charge is 0.406 e. The number of rotatable bonds is 6. The average Bonchev–Trinajstić information content (AvgIpc) is 2.95. The Hall–Kier alpha value is -1.19. The van der Waals surface area contributed by atoms with Gasteiger partial charge in [0.2, 0.25) is 5.89 Å². The van der Waals surface area contributed by atoms with Crippen LogP contribution in [0.1, 0.15) is 38.1 Å². The molecule has 3 N–H and O–H groups in total. The molecule has 0 saturated carbocycles. The van der Waals surface area contributed by atoms with Crippen LogP contribution in [-0.2, 0) is 10.2 Å². The van der Waals surface area contributed by atoms with E-state index < -0.39 is 10.2 Å². The van der Waals surface area contributed by atoms with E-state index in [-0.39, 0.29) is 12.1 Å². The lowest BCUT2D eigenvalue weighted by atomic mass is 10.2. The number of anilines is 1. The Morgan fingerprint density at radius 1 is 1.50 bits per heavy atom. The molecule has 9 heteroatoms. The third-order valence-electron chi connectivity index (χ3n) is 2.56. The van der Waals surface area contributed by atoms with Gasteiger partial charge in [0, 0.05) is 6.54 Å². The molecule has 0 bridgehead atoms. The van der Waals surface area contributed by atoms with Crippen molar-refractivity contribution < 1.29 is 12.8 Å². The van der Waals surface area contributed by atoms with Gasteiger partial charge < -0.3 is 9.73 Å². The molecule has 0 amide bonds. The second kappa shape index (κ2) is 5.63. The normalized spacial score (nSPS) is 20.2. The second-order valence-corrected chi connectivity index (χ2v) is 5.59. The molecule has 0 aromatic carbocycles. The molecule has 1 atom stereocenters. The molecule has 0 aliphatic carbocycles. The Labute approximate surface area is 106 Å². The molecule has 0 spiro atoms. The Morgan fingerprint density at radius 3 is 3.00 bits per heavy atom.